The molecule has 0 aliphatic carbocycles. The molecule has 0 aliphatic rings. The fourth-order valence-corrected chi connectivity index (χ4v) is 11.1. The van der Waals surface area contributed by atoms with Gasteiger partial charge in [0.1, 0.15) is 0 Å². The maximum absolute atomic E-state index is 14.6. The minimum atomic E-state index is 0.355. The number of amides is 1. The molecule has 6 nitrogen and oxygen atoms in total. The molecule has 0 heterocycles. The number of nitrogens with zero attached hydrogens (tertiary/aromatic N) is 4. The van der Waals surface area contributed by atoms with E-state index in [1.807, 2.05) is 0 Å². The van der Waals surface area contributed by atoms with Crippen LogP contribution in [0.1, 0.15) is 343 Å². The number of hydrogen-bond acceptors (Lipinski definition) is 5. The van der Waals surface area contributed by atoms with Gasteiger partial charge >= 0.3 is 0 Å². The van der Waals surface area contributed by atoms with Crippen LogP contribution in [0.5, 0.6) is 0 Å². The van der Waals surface area contributed by atoms with Crippen LogP contribution >= 0.6 is 0 Å². The van der Waals surface area contributed by atoms with Crippen molar-refractivity contribution in [3.63, 3.8) is 0 Å². The highest BCUT2D eigenvalue weighted by molar-refractivity contribution is 5.78. The molecule has 0 atom stereocenters. The third kappa shape index (κ3) is 54.3. The predicted molar refractivity (Wildman–Crippen MR) is 334 cm³/mol. The molecule has 0 fully saturated rings. The maximum atomic E-state index is 14.6. The van der Waals surface area contributed by atoms with Crippen molar-refractivity contribution in [2.45, 2.75) is 343 Å². The molecule has 0 bridgehead atoms. The van der Waals surface area contributed by atoms with E-state index >= 15 is 0 Å². The number of carbonyl (C=O) groups excluding carboxylic acids is 1. The summed E-state index contributed by atoms with van der Waals surface area (Å²) in [5, 5.41) is 3.53. The Balaban J connectivity index is 5.75. The van der Waals surface area contributed by atoms with Gasteiger partial charge in [-0.25, -0.2) is 0 Å². The van der Waals surface area contributed by atoms with E-state index in [0.29, 0.717) is 12.5 Å². The molecule has 1 amide bonds. The van der Waals surface area contributed by atoms with Gasteiger partial charge < -0.3 is 20.0 Å². The first-order valence-corrected chi connectivity index (χ1v) is 34.4. The molecule has 0 aromatic rings. The minimum absolute atomic E-state index is 0.355. The van der Waals surface area contributed by atoms with Crippen molar-refractivity contribution in [1.29, 1.82) is 0 Å². The highest BCUT2D eigenvalue weighted by Gasteiger charge is 2.19. The van der Waals surface area contributed by atoms with Crippen LogP contribution in [0, 0.1) is 0 Å². The molecular formula is C68H139N5O. The smallest absolute Gasteiger partial charge is 0.236 e. The Hall–Kier alpha value is -1.11. The van der Waals surface area contributed by atoms with E-state index in [1.54, 1.807) is 0 Å². The second-order valence-electron chi connectivity index (χ2n) is 23.6. The number of hydrogen-bond donors (Lipinski definition) is 1. The Morgan fingerprint density at radius 1 is 0.284 bits per heavy atom. The van der Waals surface area contributed by atoms with Crippen LogP contribution < -0.4 is 5.32 Å². The molecule has 0 aliphatic heterocycles. The van der Waals surface area contributed by atoms with Crippen LogP contribution in [0.4, 0.5) is 0 Å². The third-order valence-corrected chi connectivity index (χ3v) is 16.2. The molecule has 442 valence electrons. The molecule has 74 heavy (non-hydrogen) atoms. The lowest BCUT2D eigenvalue weighted by molar-refractivity contribution is -0.132. The number of nitrogens with one attached hydrogen (secondary N) is 1. The van der Waals surface area contributed by atoms with Gasteiger partial charge in [0, 0.05) is 32.7 Å². The van der Waals surface area contributed by atoms with Crippen LogP contribution in [0.3, 0.4) is 0 Å². The van der Waals surface area contributed by atoms with Crippen molar-refractivity contribution in [2.75, 3.05) is 78.5 Å². The van der Waals surface area contributed by atoms with E-state index in [2.05, 4.69) is 78.7 Å². The average molecular weight is 1040 g/mol. The van der Waals surface area contributed by atoms with Crippen molar-refractivity contribution >= 4 is 5.91 Å². The zero-order valence-electron chi connectivity index (χ0n) is 52.1. The second-order valence-corrected chi connectivity index (χ2v) is 23.6. The van der Waals surface area contributed by atoms with E-state index in [4.69, 9.17) is 0 Å². The van der Waals surface area contributed by atoms with Gasteiger partial charge in [-0.3, -0.25) is 9.69 Å². The Bertz CT molecular complexity index is 1040. The van der Waals surface area contributed by atoms with E-state index < -0.39 is 0 Å². The summed E-state index contributed by atoms with van der Waals surface area (Å²) in [6.07, 6.45) is 68.6. The summed E-state index contributed by atoms with van der Waals surface area (Å²) in [5.74, 6) is 0.355. The molecular weight excluding hydrogens is 903 g/mol. The Kier molecular flexibility index (Phi) is 61.8. The Labute approximate surface area is 467 Å². The number of unbranched alkanes of at least 4 members (excludes halogenated alkanes) is 40. The quantitative estimate of drug-likeness (QED) is 0.0615. The Morgan fingerprint density at radius 3 is 0.851 bits per heavy atom. The molecule has 0 radical (unpaired) electrons. The number of carbonyl (C=O) groups is 1. The lowest BCUT2D eigenvalue weighted by Crippen LogP contribution is -2.46. The highest BCUT2D eigenvalue weighted by atomic mass is 16.2. The summed E-state index contributed by atoms with van der Waals surface area (Å²) in [6.45, 7) is 26.1. The second kappa shape index (κ2) is 62.7. The summed E-state index contributed by atoms with van der Waals surface area (Å²) < 4.78 is 0. The molecule has 0 aromatic carbocycles. The summed E-state index contributed by atoms with van der Waals surface area (Å²) in [7, 11) is 0. The van der Waals surface area contributed by atoms with Gasteiger partial charge in [0.2, 0.25) is 5.91 Å². The van der Waals surface area contributed by atoms with Crippen molar-refractivity contribution < 1.29 is 4.79 Å². The molecule has 6 heteroatoms. The maximum Gasteiger partial charge on any atom is 0.236 e. The number of allylic oxidation sites excluding steroid dienone is 1. The average Bonchev–Trinajstić information content (AvgIpc) is 3.40. The number of rotatable bonds is 64. The zero-order chi connectivity index (χ0) is 53.7. The van der Waals surface area contributed by atoms with Gasteiger partial charge in [0.05, 0.1) is 6.54 Å². The molecule has 1 N–H and O–H groups in total. The van der Waals surface area contributed by atoms with Gasteiger partial charge in [-0.1, -0.05) is 304 Å². The van der Waals surface area contributed by atoms with Gasteiger partial charge in [0.25, 0.3) is 0 Å². The minimum Gasteiger partial charge on any atom is -0.389 e. The molecule has 0 saturated carbocycles. The van der Waals surface area contributed by atoms with Gasteiger partial charge in [-0.15, -0.1) is 0 Å². The van der Waals surface area contributed by atoms with Crippen LogP contribution in [-0.4, -0.2) is 104 Å². The first-order chi connectivity index (χ1) is 36.6. The van der Waals surface area contributed by atoms with Gasteiger partial charge in [-0.2, -0.15) is 0 Å². The molecule has 0 aromatic heterocycles. The van der Waals surface area contributed by atoms with Crippen LogP contribution in [0.2, 0.25) is 0 Å². The molecule has 0 rings (SSSR count). The van der Waals surface area contributed by atoms with Gasteiger partial charge in [0.15, 0.2) is 0 Å². The van der Waals surface area contributed by atoms with Crippen molar-refractivity contribution in [2.24, 2.45) is 0 Å². The molecule has 0 saturated heterocycles. The highest BCUT2D eigenvalue weighted by Crippen LogP contribution is 2.16. The lowest BCUT2D eigenvalue weighted by atomic mass is 10.0. The SMILES string of the molecule is CCC=CNCCN(CCCN(CCCCCCCCCCCCCC)CCCCCCCCCCCCCC)C(=O)CN(CCCCCCCCC)CCN(CCCCCCCCC)CCCCCCCCC. The fourth-order valence-electron chi connectivity index (χ4n) is 11.1. The zero-order valence-corrected chi connectivity index (χ0v) is 52.1. The first-order valence-electron chi connectivity index (χ1n) is 34.4. The van der Waals surface area contributed by atoms with Crippen molar-refractivity contribution in [3.8, 4) is 0 Å². The van der Waals surface area contributed by atoms with E-state index in [9.17, 15) is 4.79 Å². The van der Waals surface area contributed by atoms with Crippen LogP contribution in [-0.2, 0) is 4.79 Å². The largest absolute Gasteiger partial charge is 0.389 e. The summed E-state index contributed by atoms with van der Waals surface area (Å²) in [6, 6.07) is 0. The van der Waals surface area contributed by atoms with E-state index in [1.165, 1.54) is 315 Å². The summed E-state index contributed by atoms with van der Waals surface area (Å²) >= 11 is 0. The predicted octanol–water partition coefficient (Wildman–Crippen LogP) is 20.3. The summed E-state index contributed by atoms with van der Waals surface area (Å²) in [5.41, 5.74) is 0. The lowest BCUT2D eigenvalue weighted by Gasteiger charge is -2.31. The van der Waals surface area contributed by atoms with Crippen LogP contribution in [0.25, 0.3) is 0 Å². The van der Waals surface area contributed by atoms with Crippen molar-refractivity contribution in [1.82, 2.24) is 24.9 Å². The molecule has 0 spiro atoms. The first kappa shape index (κ1) is 72.9. The third-order valence-electron chi connectivity index (χ3n) is 16.2. The van der Waals surface area contributed by atoms with Crippen molar-refractivity contribution in [3.05, 3.63) is 12.3 Å². The Morgan fingerprint density at radius 2 is 0.541 bits per heavy atom. The van der Waals surface area contributed by atoms with Gasteiger partial charge in [-0.05, 0) is 90.4 Å². The van der Waals surface area contributed by atoms with Crippen LogP contribution in [0.15, 0.2) is 12.3 Å². The monoisotopic (exact) mass is 1040 g/mol. The normalized spacial score (nSPS) is 12.0. The molecule has 0 unspecified atom stereocenters. The van der Waals surface area contributed by atoms with E-state index in [-0.39, 0.29) is 0 Å². The summed E-state index contributed by atoms with van der Waals surface area (Å²) in [4.78, 5) is 25.1. The van der Waals surface area contributed by atoms with E-state index in [0.717, 1.165) is 58.7 Å². The fraction of sp³-hybridized carbons (Fsp3) is 0.956. The topological polar surface area (TPSA) is 42.1 Å². The standard InChI is InChI=1S/C68H139N5O/c1-7-13-19-24-29-31-33-35-37-42-46-49-57-70(58-50-47-43-38-36-34-32-30-25-20-14-8-2)62-54-63-73(64-56-69-55-18-12-6)68(74)67-72(61-53-48-41-28-23-17-11-5)66-65-71(59-51-44-39-26-21-15-9-3)60-52-45-40-27-22-16-10-4/h18,55,69H,7-17,19-54,56-67H2,1-6H3.